The SMILES string of the molecule is C=C(C)C1CCC2(CCN(C)C2)N1C. The van der Waals surface area contributed by atoms with Gasteiger partial charge in [-0.3, -0.25) is 4.90 Å². The predicted octanol–water partition coefficient (Wildman–Crippen LogP) is 1.73. The number of likely N-dealkylation sites (N-methyl/N-ethyl adjacent to an activating group) is 2. The molecule has 2 aliphatic rings. The summed E-state index contributed by atoms with van der Waals surface area (Å²) in [5.74, 6) is 0. The lowest BCUT2D eigenvalue weighted by molar-refractivity contribution is 0.153. The van der Waals surface area contributed by atoms with Crippen molar-refractivity contribution in [3.8, 4) is 0 Å². The van der Waals surface area contributed by atoms with Gasteiger partial charge in [0.15, 0.2) is 0 Å². The first-order chi connectivity index (χ1) is 6.55. The molecule has 80 valence electrons. The molecule has 2 heterocycles. The van der Waals surface area contributed by atoms with E-state index in [0.29, 0.717) is 11.6 Å². The number of rotatable bonds is 1. The second-order valence-electron chi connectivity index (χ2n) is 5.22. The number of likely N-dealkylation sites (tertiary alicyclic amines) is 2. The van der Waals surface area contributed by atoms with Crippen LogP contribution < -0.4 is 0 Å². The molecule has 0 aromatic heterocycles. The van der Waals surface area contributed by atoms with Gasteiger partial charge in [0.25, 0.3) is 0 Å². The topological polar surface area (TPSA) is 6.48 Å². The Hall–Kier alpha value is -0.340. The van der Waals surface area contributed by atoms with Crippen molar-refractivity contribution in [2.75, 3.05) is 27.2 Å². The van der Waals surface area contributed by atoms with Gasteiger partial charge in [-0.15, -0.1) is 0 Å². The fourth-order valence-corrected chi connectivity index (χ4v) is 3.23. The molecule has 2 heteroatoms. The van der Waals surface area contributed by atoms with Crippen molar-refractivity contribution in [3.05, 3.63) is 12.2 Å². The molecule has 2 aliphatic heterocycles. The Kier molecular flexibility index (Phi) is 2.44. The van der Waals surface area contributed by atoms with Crippen LogP contribution in [0.1, 0.15) is 26.2 Å². The summed E-state index contributed by atoms with van der Waals surface area (Å²) in [6, 6.07) is 0.626. The zero-order chi connectivity index (χ0) is 10.3. The van der Waals surface area contributed by atoms with Crippen LogP contribution in [0.25, 0.3) is 0 Å². The normalized spacial score (nSPS) is 39.8. The molecule has 14 heavy (non-hydrogen) atoms. The van der Waals surface area contributed by atoms with Crippen LogP contribution in [0.5, 0.6) is 0 Å². The third kappa shape index (κ3) is 1.41. The van der Waals surface area contributed by atoms with Crippen molar-refractivity contribution >= 4 is 0 Å². The molecule has 0 radical (unpaired) electrons. The van der Waals surface area contributed by atoms with E-state index in [1.165, 1.54) is 37.9 Å². The van der Waals surface area contributed by atoms with E-state index in [9.17, 15) is 0 Å². The third-order valence-corrected chi connectivity index (χ3v) is 4.19. The molecule has 0 saturated carbocycles. The molecule has 2 atom stereocenters. The summed E-state index contributed by atoms with van der Waals surface area (Å²) in [4.78, 5) is 5.04. The van der Waals surface area contributed by atoms with Crippen molar-refractivity contribution in [1.82, 2.24) is 9.80 Å². The summed E-state index contributed by atoms with van der Waals surface area (Å²) < 4.78 is 0. The van der Waals surface area contributed by atoms with Crippen molar-refractivity contribution < 1.29 is 0 Å². The van der Waals surface area contributed by atoms with Crippen LogP contribution in [0, 0.1) is 0 Å². The van der Waals surface area contributed by atoms with Crippen molar-refractivity contribution in [3.63, 3.8) is 0 Å². The summed E-state index contributed by atoms with van der Waals surface area (Å²) in [6.45, 7) is 8.77. The van der Waals surface area contributed by atoms with E-state index in [-0.39, 0.29) is 0 Å². The molecular weight excluding hydrogens is 172 g/mol. The van der Waals surface area contributed by atoms with Crippen LogP contribution in [-0.4, -0.2) is 48.6 Å². The molecule has 0 aromatic carbocycles. The maximum absolute atomic E-state index is 4.11. The maximum atomic E-state index is 4.11. The zero-order valence-electron chi connectivity index (χ0n) is 9.71. The van der Waals surface area contributed by atoms with Gasteiger partial charge in [-0.2, -0.15) is 0 Å². The monoisotopic (exact) mass is 194 g/mol. The maximum Gasteiger partial charge on any atom is 0.0352 e. The molecule has 0 amide bonds. The van der Waals surface area contributed by atoms with Crippen LogP contribution >= 0.6 is 0 Å². The molecule has 2 unspecified atom stereocenters. The Labute approximate surface area is 87.6 Å². The van der Waals surface area contributed by atoms with Gasteiger partial charge >= 0.3 is 0 Å². The molecule has 2 fully saturated rings. The minimum Gasteiger partial charge on any atom is -0.304 e. The fourth-order valence-electron chi connectivity index (χ4n) is 3.23. The Morgan fingerprint density at radius 3 is 2.50 bits per heavy atom. The second kappa shape index (κ2) is 3.35. The first-order valence-corrected chi connectivity index (χ1v) is 5.62. The van der Waals surface area contributed by atoms with Gasteiger partial charge < -0.3 is 4.90 Å². The highest BCUT2D eigenvalue weighted by Crippen LogP contribution is 2.40. The Bertz CT molecular complexity index is 249. The van der Waals surface area contributed by atoms with Crippen molar-refractivity contribution in [1.29, 1.82) is 0 Å². The van der Waals surface area contributed by atoms with Crippen LogP contribution in [0.4, 0.5) is 0 Å². The molecule has 0 aliphatic carbocycles. The molecule has 2 saturated heterocycles. The highest BCUT2D eigenvalue weighted by Gasteiger charge is 2.47. The molecule has 1 spiro atoms. The average molecular weight is 194 g/mol. The molecule has 0 bridgehead atoms. The van der Waals surface area contributed by atoms with Crippen molar-refractivity contribution in [2.24, 2.45) is 0 Å². The van der Waals surface area contributed by atoms with Crippen LogP contribution in [0.3, 0.4) is 0 Å². The van der Waals surface area contributed by atoms with Gasteiger partial charge in [-0.05, 0) is 46.8 Å². The Morgan fingerprint density at radius 2 is 2.07 bits per heavy atom. The van der Waals surface area contributed by atoms with E-state index in [0.717, 1.165) is 0 Å². The lowest BCUT2D eigenvalue weighted by Crippen LogP contribution is -2.46. The third-order valence-electron chi connectivity index (χ3n) is 4.19. The quantitative estimate of drug-likeness (QED) is 0.587. The fraction of sp³-hybridized carbons (Fsp3) is 0.833. The molecule has 2 rings (SSSR count). The van der Waals surface area contributed by atoms with Gasteiger partial charge in [0.05, 0.1) is 0 Å². The first-order valence-electron chi connectivity index (χ1n) is 5.62. The van der Waals surface area contributed by atoms with Crippen LogP contribution in [0.2, 0.25) is 0 Å². The van der Waals surface area contributed by atoms with E-state index in [1.807, 2.05) is 0 Å². The van der Waals surface area contributed by atoms with E-state index < -0.39 is 0 Å². The Balaban J connectivity index is 2.13. The zero-order valence-corrected chi connectivity index (χ0v) is 9.71. The summed E-state index contributed by atoms with van der Waals surface area (Å²) >= 11 is 0. The summed E-state index contributed by atoms with van der Waals surface area (Å²) in [5, 5.41) is 0. The first kappa shape index (κ1) is 10.2. The molecule has 0 N–H and O–H groups in total. The van der Waals surface area contributed by atoms with Gasteiger partial charge in [0, 0.05) is 18.1 Å². The van der Waals surface area contributed by atoms with Gasteiger partial charge in [-0.1, -0.05) is 12.2 Å². The summed E-state index contributed by atoms with van der Waals surface area (Å²) in [5.41, 5.74) is 1.80. The van der Waals surface area contributed by atoms with Crippen LogP contribution in [-0.2, 0) is 0 Å². The molecular formula is C12H22N2. The molecule has 2 nitrogen and oxygen atoms in total. The molecule has 0 aromatic rings. The Morgan fingerprint density at radius 1 is 1.36 bits per heavy atom. The number of hydrogen-bond donors (Lipinski definition) is 0. The lowest BCUT2D eigenvalue weighted by Gasteiger charge is -2.35. The predicted molar refractivity (Wildman–Crippen MR) is 60.4 cm³/mol. The number of nitrogens with zero attached hydrogens (tertiary/aromatic N) is 2. The van der Waals surface area contributed by atoms with Gasteiger partial charge in [0.2, 0.25) is 0 Å². The summed E-state index contributed by atoms with van der Waals surface area (Å²) in [7, 11) is 4.52. The van der Waals surface area contributed by atoms with E-state index in [4.69, 9.17) is 0 Å². The minimum absolute atomic E-state index is 0.471. The smallest absolute Gasteiger partial charge is 0.0352 e. The van der Waals surface area contributed by atoms with Gasteiger partial charge in [-0.25, -0.2) is 0 Å². The summed E-state index contributed by atoms with van der Waals surface area (Å²) in [6.07, 6.45) is 3.99. The highest BCUT2D eigenvalue weighted by molar-refractivity contribution is 5.13. The largest absolute Gasteiger partial charge is 0.304 e. The lowest BCUT2D eigenvalue weighted by atomic mass is 9.96. The number of hydrogen-bond acceptors (Lipinski definition) is 2. The van der Waals surface area contributed by atoms with Crippen molar-refractivity contribution in [2.45, 2.75) is 37.8 Å². The standard InChI is InChI=1S/C12H22N2/c1-10(2)11-5-6-12(14(11)4)7-8-13(3)9-12/h11H,1,5-9H2,2-4H3. The highest BCUT2D eigenvalue weighted by atomic mass is 15.3. The van der Waals surface area contributed by atoms with E-state index >= 15 is 0 Å². The average Bonchev–Trinajstić information content (AvgIpc) is 2.61. The minimum atomic E-state index is 0.471. The van der Waals surface area contributed by atoms with E-state index in [2.05, 4.69) is 37.4 Å². The second-order valence-corrected chi connectivity index (χ2v) is 5.22. The van der Waals surface area contributed by atoms with Gasteiger partial charge in [0.1, 0.15) is 0 Å². The van der Waals surface area contributed by atoms with E-state index in [1.54, 1.807) is 0 Å². The van der Waals surface area contributed by atoms with Crippen LogP contribution in [0.15, 0.2) is 12.2 Å².